The molecule has 0 radical (unpaired) electrons. The van der Waals surface area contributed by atoms with Crippen LogP contribution < -0.4 is 4.74 Å². The fourth-order valence-electron chi connectivity index (χ4n) is 4.53. The second kappa shape index (κ2) is 9.11. The third-order valence-electron chi connectivity index (χ3n) is 6.11. The van der Waals surface area contributed by atoms with Crippen LogP contribution in [0.3, 0.4) is 0 Å². The predicted molar refractivity (Wildman–Crippen MR) is 125 cm³/mol. The third kappa shape index (κ3) is 4.31. The van der Waals surface area contributed by atoms with Crippen molar-refractivity contribution in [1.29, 1.82) is 0 Å². The van der Waals surface area contributed by atoms with Crippen LogP contribution in [0, 0.1) is 0 Å². The maximum absolute atomic E-state index is 6.57. The Bertz CT molecular complexity index is 1160. The van der Waals surface area contributed by atoms with Gasteiger partial charge in [0.15, 0.2) is 5.15 Å². The summed E-state index contributed by atoms with van der Waals surface area (Å²) in [5.41, 5.74) is 3.90. The lowest BCUT2D eigenvalue weighted by atomic mass is 10.00. The molecule has 0 spiro atoms. The number of nitrogens with zero attached hydrogens (tertiary/aromatic N) is 3. The Morgan fingerprint density at radius 3 is 2.58 bits per heavy atom. The second-order valence-corrected chi connectivity index (χ2v) is 8.60. The average molecular weight is 432 g/mol. The zero-order valence-electron chi connectivity index (χ0n) is 17.5. The Labute approximate surface area is 187 Å². The lowest BCUT2D eigenvalue weighted by molar-refractivity contribution is 0.306. The number of halogens is 1. The molecule has 0 bridgehead atoms. The van der Waals surface area contributed by atoms with E-state index in [9.17, 15) is 0 Å². The molecule has 1 aliphatic carbocycles. The lowest BCUT2D eigenvalue weighted by Crippen LogP contribution is -2.03. The number of imidazole rings is 1. The van der Waals surface area contributed by atoms with Crippen molar-refractivity contribution in [2.45, 2.75) is 51.0 Å². The topological polar surface area (TPSA) is 39.4 Å². The summed E-state index contributed by atoms with van der Waals surface area (Å²) in [4.78, 5) is 9.47. The van der Waals surface area contributed by atoms with Crippen LogP contribution in [0.1, 0.15) is 55.8 Å². The minimum absolute atomic E-state index is 0.458. The van der Waals surface area contributed by atoms with E-state index in [4.69, 9.17) is 21.3 Å². The number of ether oxygens (including phenoxy) is 1. The van der Waals surface area contributed by atoms with Crippen molar-refractivity contribution in [1.82, 2.24) is 14.4 Å². The normalized spacial score (nSPS) is 15.1. The van der Waals surface area contributed by atoms with Gasteiger partial charge in [-0.15, -0.1) is 0 Å². The van der Waals surface area contributed by atoms with Gasteiger partial charge in [0.2, 0.25) is 0 Å². The summed E-state index contributed by atoms with van der Waals surface area (Å²) in [7, 11) is 0. The maximum Gasteiger partial charge on any atom is 0.155 e. The molecular formula is C26H26ClN3O. The quantitative estimate of drug-likeness (QED) is 0.317. The van der Waals surface area contributed by atoms with Gasteiger partial charge in [-0.25, -0.2) is 9.97 Å². The van der Waals surface area contributed by atoms with Crippen molar-refractivity contribution >= 4 is 17.1 Å². The summed E-state index contributed by atoms with van der Waals surface area (Å²) in [5, 5.41) is 0.487. The first-order chi connectivity index (χ1) is 15.3. The SMILES string of the molecule is Clc1nccn2c(C3CCCCCC3)nc(-c3cccc(OCc4ccccc4)c3)c12. The Morgan fingerprint density at radius 2 is 1.77 bits per heavy atom. The molecule has 2 aromatic carbocycles. The van der Waals surface area contributed by atoms with Crippen LogP contribution in [0.4, 0.5) is 0 Å². The first-order valence-corrected chi connectivity index (χ1v) is 11.5. The standard InChI is InChI=1S/C26H26ClN3O/c27-25-24-23(21-13-8-14-22(17-21)31-18-19-9-4-3-5-10-19)29-26(30(24)16-15-28-25)20-11-6-1-2-7-12-20/h3-5,8-10,13-17,20H,1-2,6-7,11-12,18H2. The Morgan fingerprint density at radius 1 is 0.968 bits per heavy atom. The molecule has 0 saturated heterocycles. The first-order valence-electron chi connectivity index (χ1n) is 11.1. The van der Waals surface area contributed by atoms with Crippen LogP contribution >= 0.6 is 11.6 Å². The van der Waals surface area contributed by atoms with Gasteiger partial charge < -0.3 is 4.74 Å². The van der Waals surface area contributed by atoms with Crippen molar-refractivity contribution in [3.63, 3.8) is 0 Å². The summed E-state index contributed by atoms with van der Waals surface area (Å²) < 4.78 is 8.20. The molecule has 0 N–H and O–H groups in total. The Balaban J connectivity index is 1.51. The fourth-order valence-corrected chi connectivity index (χ4v) is 4.76. The summed E-state index contributed by atoms with van der Waals surface area (Å²) in [6.07, 6.45) is 11.3. The number of fused-ring (bicyclic) bond motifs is 1. The van der Waals surface area contributed by atoms with Crippen molar-refractivity contribution < 1.29 is 4.74 Å². The van der Waals surface area contributed by atoms with E-state index in [0.717, 1.165) is 33.9 Å². The highest BCUT2D eigenvalue weighted by molar-refractivity contribution is 6.33. The average Bonchev–Trinajstić information content (AvgIpc) is 3.00. The molecule has 0 aliphatic heterocycles. The van der Waals surface area contributed by atoms with Gasteiger partial charge in [0.05, 0.1) is 5.69 Å². The molecule has 5 rings (SSSR count). The minimum Gasteiger partial charge on any atom is -0.489 e. The van der Waals surface area contributed by atoms with E-state index in [1.165, 1.54) is 38.5 Å². The van der Waals surface area contributed by atoms with E-state index >= 15 is 0 Å². The molecule has 1 saturated carbocycles. The molecule has 0 amide bonds. The molecule has 31 heavy (non-hydrogen) atoms. The van der Waals surface area contributed by atoms with E-state index in [1.54, 1.807) is 6.20 Å². The van der Waals surface area contributed by atoms with E-state index in [0.29, 0.717) is 17.7 Å². The summed E-state index contributed by atoms with van der Waals surface area (Å²) >= 11 is 6.57. The maximum atomic E-state index is 6.57. The van der Waals surface area contributed by atoms with E-state index in [2.05, 4.69) is 27.6 Å². The molecule has 1 aliphatic rings. The van der Waals surface area contributed by atoms with Gasteiger partial charge in [-0.2, -0.15) is 0 Å². The minimum atomic E-state index is 0.458. The van der Waals surface area contributed by atoms with E-state index in [-0.39, 0.29) is 0 Å². The molecule has 0 atom stereocenters. The van der Waals surface area contributed by atoms with Crippen LogP contribution in [-0.2, 0) is 6.61 Å². The fraction of sp³-hybridized carbons (Fsp3) is 0.308. The monoisotopic (exact) mass is 431 g/mol. The molecule has 2 aromatic heterocycles. The van der Waals surface area contributed by atoms with Gasteiger partial charge in [0.25, 0.3) is 0 Å². The van der Waals surface area contributed by atoms with Crippen LogP contribution in [-0.4, -0.2) is 14.4 Å². The predicted octanol–water partition coefficient (Wildman–Crippen LogP) is 7.07. The molecule has 4 nitrogen and oxygen atoms in total. The van der Waals surface area contributed by atoms with Crippen LogP contribution in [0.25, 0.3) is 16.8 Å². The number of hydrogen-bond donors (Lipinski definition) is 0. The van der Waals surface area contributed by atoms with Crippen molar-refractivity contribution in [2.24, 2.45) is 0 Å². The largest absolute Gasteiger partial charge is 0.489 e. The summed E-state index contributed by atoms with van der Waals surface area (Å²) in [5.74, 6) is 2.38. The van der Waals surface area contributed by atoms with Gasteiger partial charge >= 0.3 is 0 Å². The molecule has 0 unspecified atom stereocenters. The third-order valence-corrected chi connectivity index (χ3v) is 6.39. The Hall–Kier alpha value is -2.85. The van der Waals surface area contributed by atoms with Gasteiger partial charge in [-0.3, -0.25) is 4.40 Å². The van der Waals surface area contributed by atoms with Crippen molar-refractivity contribution in [2.75, 3.05) is 0 Å². The van der Waals surface area contributed by atoms with Gasteiger partial charge in [0, 0.05) is 23.9 Å². The number of hydrogen-bond acceptors (Lipinski definition) is 3. The number of aromatic nitrogens is 3. The van der Waals surface area contributed by atoms with Crippen LogP contribution in [0.5, 0.6) is 5.75 Å². The first kappa shape index (κ1) is 20.1. The molecule has 2 heterocycles. The zero-order valence-corrected chi connectivity index (χ0v) is 18.3. The highest BCUT2D eigenvalue weighted by atomic mass is 35.5. The van der Waals surface area contributed by atoms with E-state index < -0.39 is 0 Å². The second-order valence-electron chi connectivity index (χ2n) is 8.25. The number of rotatable bonds is 5. The summed E-state index contributed by atoms with van der Waals surface area (Å²) in [6.45, 7) is 0.532. The van der Waals surface area contributed by atoms with Gasteiger partial charge in [0.1, 0.15) is 23.7 Å². The highest BCUT2D eigenvalue weighted by Crippen LogP contribution is 2.37. The van der Waals surface area contributed by atoms with Gasteiger partial charge in [-0.1, -0.05) is 79.7 Å². The van der Waals surface area contributed by atoms with Gasteiger partial charge in [-0.05, 0) is 30.5 Å². The zero-order chi connectivity index (χ0) is 21.0. The summed E-state index contributed by atoms with van der Waals surface area (Å²) in [6, 6.07) is 18.3. The lowest BCUT2D eigenvalue weighted by Gasteiger charge is -2.12. The smallest absolute Gasteiger partial charge is 0.155 e. The molecule has 158 valence electrons. The van der Waals surface area contributed by atoms with Crippen molar-refractivity contribution in [3.05, 3.63) is 83.5 Å². The molecule has 1 fully saturated rings. The molecular weight excluding hydrogens is 406 g/mol. The van der Waals surface area contributed by atoms with E-state index in [1.807, 2.05) is 42.6 Å². The highest BCUT2D eigenvalue weighted by Gasteiger charge is 2.23. The van der Waals surface area contributed by atoms with Crippen LogP contribution in [0.15, 0.2) is 67.0 Å². The Kier molecular flexibility index (Phi) is 5.90. The molecule has 4 aromatic rings. The molecule has 5 heteroatoms. The number of benzene rings is 2. The van der Waals surface area contributed by atoms with Crippen molar-refractivity contribution in [3.8, 4) is 17.0 Å². The van der Waals surface area contributed by atoms with Crippen LogP contribution in [0.2, 0.25) is 5.15 Å².